The molecule has 0 amide bonds. The summed E-state index contributed by atoms with van der Waals surface area (Å²) >= 11 is 0. The van der Waals surface area contributed by atoms with Crippen molar-refractivity contribution in [2.45, 2.75) is 38.7 Å². The third-order valence-corrected chi connectivity index (χ3v) is 3.85. The molecule has 0 aliphatic carbocycles. The van der Waals surface area contributed by atoms with E-state index < -0.39 is 5.60 Å². The summed E-state index contributed by atoms with van der Waals surface area (Å²) in [7, 11) is 0. The van der Waals surface area contributed by atoms with E-state index in [2.05, 4.69) is 30.8 Å². The van der Waals surface area contributed by atoms with E-state index >= 15 is 0 Å². The van der Waals surface area contributed by atoms with Crippen molar-refractivity contribution in [2.24, 2.45) is 5.92 Å². The molecule has 0 saturated heterocycles. The molecule has 0 N–H and O–H groups in total. The number of carbonyl (C=O) groups is 1. The zero-order valence-corrected chi connectivity index (χ0v) is 14.7. The Morgan fingerprint density at radius 2 is 1.46 bits per heavy atom. The Morgan fingerprint density at radius 3 is 1.83 bits per heavy atom. The molecule has 0 unspecified atom stereocenters. The van der Waals surface area contributed by atoms with Gasteiger partial charge in [-0.05, 0) is 38.3 Å². The molecular weight excluding hydrogens is 296 g/mol. The molecule has 0 fully saturated rings. The summed E-state index contributed by atoms with van der Waals surface area (Å²) in [6.07, 6.45) is 2.37. The average molecular weight is 322 g/mol. The second-order valence-corrected chi connectivity index (χ2v) is 6.96. The molecule has 2 aromatic carbocycles. The van der Waals surface area contributed by atoms with Gasteiger partial charge in [0.15, 0.2) is 0 Å². The normalized spacial score (nSPS) is 12.7. The zero-order valence-electron chi connectivity index (χ0n) is 14.7. The zero-order chi connectivity index (χ0) is 17.6. The Bertz CT molecular complexity index is 614. The van der Waals surface area contributed by atoms with E-state index in [-0.39, 0.29) is 17.8 Å². The smallest absolute Gasteiger partial charge is 0.310 e. The summed E-state index contributed by atoms with van der Waals surface area (Å²) in [5, 5.41) is 0. The highest BCUT2D eigenvalue weighted by atomic mass is 16.6. The highest BCUT2D eigenvalue weighted by molar-refractivity contribution is 5.75. The van der Waals surface area contributed by atoms with Gasteiger partial charge >= 0.3 is 5.97 Å². The largest absolute Gasteiger partial charge is 0.460 e. The fraction of sp³-hybridized carbons (Fsp3) is 0.318. The second kappa shape index (κ2) is 7.96. The van der Waals surface area contributed by atoms with Gasteiger partial charge in [-0.15, -0.1) is 6.58 Å². The quantitative estimate of drug-likeness (QED) is 0.529. The van der Waals surface area contributed by atoms with Crippen LogP contribution in [0.5, 0.6) is 0 Å². The number of esters is 1. The number of benzene rings is 2. The molecule has 0 aromatic heterocycles. The van der Waals surface area contributed by atoms with Crippen LogP contribution in [0.25, 0.3) is 0 Å². The van der Waals surface area contributed by atoms with Gasteiger partial charge in [0.2, 0.25) is 0 Å². The molecule has 0 saturated carbocycles. The van der Waals surface area contributed by atoms with Crippen LogP contribution in [0.2, 0.25) is 0 Å². The Morgan fingerprint density at radius 1 is 1.00 bits per heavy atom. The fourth-order valence-electron chi connectivity index (χ4n) is 2.90. The van der Waals surface area contributed by atoms with Gasteiger partial charge in [-0.3, -0.25) is 4.79 Å². The van der Waals surface area contributed by atoms with Gasteiger partial charge in [-0.2, -0.15) is 0 Å². The van der Waals surface area contributed by atoms with Gasteiger partial charge in [0.25, 0.3) is 0 Å². The predicted molar refractivity (Wildman–Crippen MR) is 98.9 cm³/mol. The summed E-state index contributed by atoms with van der Waals surface area (Å²) in [4.78, 5) is 12.9. The first-order chi connectivity index (χ1) is 11.4. The number of hydrogen-bond donors (Lipinski definition) is 0. The minimum absolute atomic E-state index is 0.0553. The molecule has 0 spiro atoms. The summed E-state index contributed by atoms with van der Waals surface area (Å²) in [6.45, 7) is 9.54. The van der Waals surface area contributed by atoms with Crippen LogP contribution in [-0.4, -0.2) is 11.6 Å². The molecule has 24 heavy (non-hydrogen) atoms. The van der Waals surface area contributed by atoms with E-state index in [1.54, 1.807) is 6.08 Å². The third kappa shape index (κ3) is 4.82. The minimum Gasteiger partial charge on any atom is -0.460 e. The van der Waals surface area contributed by atoms with Crippen LogP contribution in [0.4, 0.5) is 0 Å². The van der Waals surface area contributed by atoms with E-state index in [0.717, 1.165) is 11.1 Å². The number of allylic oxidation sites excluding steroid dienone is 1. The maximum atomic E-state index is 12.9. The van der Waals surface area contributed by atoms with E-state index in [1.807, 2.05) is 57.2 Å². The van der Waals surface area contributed by atoms with Crippen molar-refractivity contribution < 1.29 is 9.53 Å². The second-order valence-electron chi connectivity index (χ2n) is 6.96. The van der Waals surface area contributed by atoms with E-state index in [1.165, 1.54) is 0 Å². The Hall–Kier alpha value is -2.35. The van der Waals surface area contributed by atoms with Gasteiger partial charge in [-0.25, -0.2) is 0 Å². The van der Waals surface area contributed by atoms with Crippen LogP contribution in [0.3, 0.4) is 0 Å². The molecular formula is C22H26O2. The molecule has 0 aliphatic heterocycles. The molecule has 0 bridgehead atoms. The molecule has 0 heterocycles. The lowest BCUT2D eigenvalue weighted by molar-refractivity contribution is -0.160. The van der Waals surface area contributed by atoms with Gasteiger partial charge in [0.05, 0.1) is 5.92 Å². The molecule has 126 valence electrons. The van der Waals surface area contributed by atoms with Crippen LogP contribution in [0.15, 0.2) is 73.3 Å². The van der Waals surface area contributed by atoms with Crippen molar-refractivity contribution in [1.82, 2.24) is 0 Å². The first kappa shape index (κ1) is 18.0. The Labute approximate surface area is 145 Å². The Balaban J connectivity index is 2.46. The first-order valence-electron chi connectivity index (χ1n) is 8.36. The maximum Gasteiger partial charge on any atom is 0.310 e. The molecule has 1 atom stereocenters. The minimum atomic E-state index is -0.506. The lowest BCUT2D eigenvalue weighted by Gasteiger charge is -2.29. The molecule has 2 nitrogen and oxygen atoms in total. The predicted octanol–water partition coefficient (Wildman–Crippen LogP) is 5.35. The standard InChI is InChI=1S/C22H26O2/c1-5-12-19(21(23)24-22(2,3)4)20(17-13-8-6-9-14-17)18-15-10-7-11-16-18/h5-11,13-16,19-20H,1,12H2,2-4H3/t19-/m0/s1. The fourth-order valence-corrected chi connectivity index (χ4v) is 2.90. The summed E-state index contributed by atoms with van der Waals surface area (Å²) in [5.74, 6) is -0.535. The van der Waals surface area contributed by atoms with Crippen molar-refractivity contribution in [3.63, 3.8) is 0 Å². The maximum absolute atomic E-state index is 12.9. The van der Waals surface area contributed by atoms with Crippen LogP contribution in [0.1, 0.15) is 44.2 Å². The third-order valence-electron chi connectivity index (χ3n) is 3.85. The summed E-state index contributed by atoms with van der Waals surface area (Å²) in [6, 6.07) is 20.3. The number of rotatable bonds is 6. The van der Waals surface area contributed by atoms with E-state index in [4.69, 9.17) is 4.74 Å². The average Bonchev–Trinajstić information content (AvgIpc) is 2.55. The monoisotopic (exact) mass is 322 g/mol. The van der Waals surface area contributed by atoms with Crippen molar-refractivity contribution >= 4 is 5.97 Å². The van der Waals surface area contributed by atoms with Crippen molar-refractivity contribution in [3.8, 4) is 0 Å². The molecule has 2 heteroatoms. The summed E-state index contributed by atoms with van der Waals surface area (Å²) in [5.41, 5.74) is 1.72. The first-order valence-corrected chi connectivity index (χ1v) is 8.36. The SMILES string of the molecule is C=CC[C@H](C(=O)OC(C)(C)C)C(c1ccccc1)c1ccccc1. The van der Waals surface area contributed by atoms with Crippen LogP contribution >= 0.6 is 0 Å². The van der Waals surface area contributed by atoms with Crippen LogP contribution in [-0.2, 0) is 9.53 Å². The molecule has 2 rings (SSSR count). The summed E-state index contributed by atoms with van der Waals surface area (Å²) < 4.78 is 5.69. The van der Waals surface area contributed by atoms with Crippen LogP contribution < -0.4 is 0 Å². The molecule has 0 radical (unpaired) electrons. The van der Waals surface area contributed by atoms with Gasteiger partial charge in [0.1, 0.15) is 5.60 Å². The van der Waals surface area contributed by atoms with Gasteiger partial charge in [-0.1, -0.05) is 66.7 Å². The topological polar surface area (TPSA) is 26.3 Å². The van der Waals surface area contributed by atoms with E-state index in [9.17, 15) is 4.79 Å². The Kier molecular flexibility index (Phi) is 5.97. The highest BCUT2D eigenvalue weighted by Gasteiger charge is 2.33. The number of ether oxygens (including phenoxy) is 1. The van der Waals surface area contributed by atoms with E-state index in [0.29, 0.717) is 6.42 Å². The van der Waals surface area contributed by atoms with Crippen LogP contribution in [0, 0.1) is 5.92 Å². The lowest BCUT2D eigenvalue weighted by atomic mass is 9.79. The van der Waals surface area contributed by atoms with Gasteiger partial charge in [0, 0.05) is 5.92 Å². The van der Waals surface area contributed by atoms with Gasteiger partial charge < -0.3 is 4.74 Å². The number of hydrogen-bond acceptors (Lipinski definition) is 2. The highest BCUT2D eigenvalue weighted by Crippen LogP contribution is 2.35. The number of carbonyl (C=O) groups excluding carboxylic acids is 1. The van der Waals surface area contributed by atoms with Crippen molar-refractivity contribution in [3.05, 3.63) is 84.4 Å². The molecule has 0 aliphatic rings. The van der Waals surface area contributed by atoms with Crippen molar-refractivity contribution in [2.75, 3.05) is 0 Å². The van der Waals surface area contributed by atoms with Crippen molar-refractivity contribution in [1.29, 1.82) is 0 Å². The lowest BCUT2D eigenvalue weighted by Crippen LogP contribution is -2.32. The molecule has 2 aromatic rings.